The molecule has 0 saturated heterocycles. The Morgan fingerprint density at radius 2 is 0.356 bits per heavy atom. The number of aromatic nitrogens is 9. The van der Waals surface area contributed by atoms with Crippen molar-refractivity contribution in [2.24, 2.45) is 0 Å². The molecule has 0 aliphatic heterocycles. The molecule has 0 radical (unpaired) electrons. The molecular weight excluding hydrogens is 1770 g/mol. The van der Waals surface area contributed by atoms with E-state index < -0.39 is 0 Å². The molecule has 0 amide bonds. The molecule has 146 heavy (non-hydrogen) atoms. The van der Waals surface area contributed by atoms with Crippen LogP contribution in [0.5, 0.6) is 0 Å². The van der Waals surface area contributed by atoms with Crippen molar-refractivity contribution in [3.05, 3.63) is 504 Å². The molecule has 6 heterocycles. The number of hydrogen-bond donors (Lipinski definition) is 0. The van der Waals surface area contributed by atoms with Gasteiger partial charge in [0.2, 0.25) is 0 Å². The first kappa shape index (κ1) is 84.5. The van der Waals surface area contributed by atoms with E-state index in [1.165, 1.54) is 113 Å². The molecule has 9 nitrogen and oxygen atoms in total. The Morgan fingerprint density at radius 1 is 0.103 bits per heavy atom. The van der Waals surface area contributed by atoms with Crippen LogP contribution in [0.2, 0.25) is 0 Å². The largest absolute Gasteiger partial charge is 0.247 e. The fourth-order valence-electron chi connectivity index (χ4n) is 22.4. The smallest absolute Gasteiger partial charge is 0.160 e. The van der Waals surface area contributed by atoms with E-state index in [1.54, 1.807) is 0 Å². The Kier molecular flexibility index (Phi) is 20.4. The quantitative estimate of drug-likeness (QED) is 0.123. The van der Waals surface area contributed by atoms with Crippen molar-refractivity contribution in [1.29, 1.82) is 0 Å². The number of nitrogens with zero attached hydrogens (tertiary/aromatic N) is 9. The Bertz CT molecular complexity index is 10600. The molecule has 30 rings (SSSR count). The molecule has 0 atom stereocenters. The predicted octanol–water partition coefficient (Wildman–Crippen LogP) is 35.9. The van der Waals surface area contributed by atoms with E-state index in [-0.39, 0.29) is 0 Å². The van der Waals surface area contributed by atoms with E-state index in [4.69, 9.17) is 44.9 Å². The maximum Gasteiger partial charge on any atom is 0.160 e. The minimum absolute atomic E-state index is 0.693. The minimum Gasteiger partial charge on any atom is -0.247 e. The highest BCUT2D eigenvalue weighted by atomic mass is 14.9. The molecule has 0 spiro atoms. The SMILES string of the molecule is c1cc(-c2nc(-c3ccc4ccccc4c3)c3ccccc3n2)cc(-c2nc3ccccc3c3c4ccccc4c4ccccc4c23)c1.c1cc(-c2nc(-c3cccc4ccccc34)c3ccccc3n2)cc(-c2nc3ccccc3c3c4ccccc4c4ccccc4c23)c1.c1ccc(-c2nc(-c3ccc(-c4cccc(-c5nc6ccccc6c6c7ccccc7c7ccccc7c56)c4)cc3)nc3ccccc23)cc1. The van der Waals surface area contributed by atoms with Crippen molar-refractivity contribution in [3.8, 4) is 113 Å². The maximum absolute atomic E-state index is 5.37. The molecule has 0 unspecified atom stereocenters. The van der Waals surface area contributed by atoms with Gasteiger partial charge in [0, 0.05) is 115 Å². The number of rotatable bonds is 10. The van der Waals surface area contributed by atoms with Crippen molar-refractivity contribution in [2.75, 3.05) is 0 Å². The van der Waals surface area contributed by atoms with Gasteiger partial charge in [0.25, 0.3) is 0 Å². The van der Waals surface area contributed by atoms with Crippen molar-refractivity contribution in [1.82, 2.24) is 44.9 Å². The first-order valence-corrected chi connectivity index (χ1v) is 49.5. The molecule has 0 saturated carbocycles. The van der Waals surface area contributed by atoms with E-state index in [9.17, 15) is 0 Å². The van der Waals surface area contributed by atoms with Crippen LogP contribution in [0.25, 0.3) is 297 Å². The summed E-state index contributed by atoms with van der Waals surface area (Å²) in [6.45, 7) is 0. The second-order valence-corrected chi connectivity index (χ2v) is 37.5. The highest BCUT2D eigenvalue weighted by molar-refractivity contribution is 6.37. The lowest BCUT2D eigenvalue weighted by Gasteiger charge is -2.16. The third-order valence-corrected chi connectivity index (χ3v) is 29.1. The van der Waals surface area contributed by atoms with Crippen LogP contribution in [0, 0.1) is 0 Å². The zero-order valence-electron chi connectivity index (χ0n) is 78.9. The van der Waals surface area contributed by atoms with Gasteiger partial charge < -0.3 is 0 Å². The molecular formula is C137H83N9. The van der Waals surface area contributed by atoms with Crippen molar-refractivity contribution in [3.63, 3.8) is 0 Å². The number of pyridine rings is 3. The lowest BCUT2D eigenvalue weighted by atomic mass is 9.89. The Morgan fingerprint density at radius 3 is 0.774 bits per heavy atom. The standard InChI is InChI=1S/C47H29N3.2C45H27N3/c1-2-13-31(14-3-1)45-40-22-9-11-24-42(40)49-47(50-45)32-27-25-30(26-28-32)33-15-12-16-34(29-33)46-44-38-20-7-5-18-36(38)35-17-4-6-19-37(35)43(44)39-21-8-10-23-41(39)48-46;1-2-17-31-28(13-1)14-12-24-36(31)44-38-23-8-10-26-40(38)47-45(48-44)30-16-11-15-29(27-30)43-42-35-21-6-4-19-33(35)32-18-3-5-20-34(32)41(42)37-22-7-9-25-39(37)46-43;1-2-13-29-26-31(25-24-28(29)12-1)43-38-21-8-10-23-40(38)47-45(48-43)32-15-11-14-30(27-32)44-42-36-19-6-4-17-34(36)33-16-3-5-18-35(33)41(42)37-20-7-9-22-39(37)46-44/h1-29H;2*1-27H. The van der Waals surface area contributed by atoms with E-state index in [0.717, 1.165) is 166 Å². The zero-order valence-corrected chi connectivity index (χ0v) is 78.9. The predicted molar refractivity (Wildman–Crippen MR) is 611 cm³/mol. The Labute approximate surface area is 839 Å². The monoisotopic (exact) mass is 1850 g/mol. The summed E-state index contributed by atoms with van der Waals surface area (Å²) < 4.78 is 0. The molecule has 6 aromatic heterocycles. The number of fused-ring (bicyclic) bond motifs is 29. The van der Waals surface area contributed by atoms with Gasteiger partial charge in [0.1, 0.15) is 0 Å². The van der Waals surface area contributed by atoms with Gasteiger partial charge in [-0.1, -0.05) is 443 Å². The number of para-hydroxylation sites is 6. The van der Waals surface area contributed by atoms with Gasteiger partial charge in [-0.05, 0) is 158 Å². The Balaban J connectivity index is 0.000000106. The third-order valence-electron chi connectivity index (χ3n) is 29.1. The van der Waals surface area contributed by atoms with Crippen LogP contribution in [-0.4, -0.2) is 44.9 Å². The van der Waals surface area contributed by atoms with Crippen LogP contribution in [0.15, 0.2) is 504 Å². The average molecular weight is 1860 g/mol. The lowest BCUT2D eigenvalue weighted by molar-refractivity contribution is 1.23. The summed E-state index contributed by atoms with van der Waals surface area (Å²) in [4.78, 5) is 46.9. The summed E-state index contributed by atoms with van der Waals surface area (Å²) in [7, 11) is 0. The molecule has 0 fully saturated rings. The van der Waals surface area contributed by atoms with Crippen LogP contribution < -0.4 is 0 Å². The molecule has 0 bridgehead atoms. The van der Waals surface area contributed by atoms with E-state index in [1.807, 2.05) is 30.3 Å². The topological polar surface area (TPSA) is 116 Å². The van der Waals surface area contributed by atoms with Crippen molar-refractivity contribution >= 4 is 184 Å². The number of benzene rings is 24. The summed E-state index contributed by atoms with van der Waals surface area (Å²) in [5, 5.41) is 33.4. The van der Waals surface area contributed by atoms with Gasteiger partial charge in [-0.2, -0.15) is 0 Å². The molecule has 0 aliphatic rings. The van der Waals surface area contributed by atoms with Gasteiger partial charge in [0.05, 0.1) is 67.3 Å². The summed E-state index contributed by atoms with van der Waals surface area (Å²) in [6, 6.07) is 178. The minimum atomic E-state index is 0.693. The van der Waals surface area contributed by atoms with Gasteiger partial charge >= 0.3 is 0 Å². The first-order chi connectivity index (χ1) is 72.4. The molecule has 24 aromatic carbocycles. The number of hydrogen-bond acceptors (Lipinski definition) is 9. The van der Waals surface area contributed by atoms with Crippen LogP contribution in [0.1, 0.15) is 0 Å². The van der Waals surface area contributed by atoms with Crippen LogP contribution in [-0.2, 0) is 0 Å². The van der Waals surface area contributed by atoms with Gasteiger partial charge in [-0.15, -0.1) is 0 Å². The summed E-state index contributed by atoms with van der Waals surface area (Å²) in [6.07, 6.45) is 0. The van der Waals surface area contributed by atoms with Gasteiger partial charge in [-0.3, -0.25) is 0 Å². The third kappa shape index (κ3) is 14.5. The molecule has 9 heteroatoms. The lowest BCUT2D eigenvalue weighted by Crippen LogP contribution is -1.97. The van der Waals surface area contributed by atoms with Crippen LogP contribution in [0.4, 0.5) is 0 Å². The molecule has 30 aromatic rings. The highest BCUT2D eigenvalue weighted by Crippen LogP contribution is 2.50. The summed E-state index contributed by atoms with van der Waals surface area (Å²) in [5.41, 5.74) is 23.0. The maximum atomic E-state index is 5.37. The summed E-state index contributed by atoms with van der Waals surface area (Å²) >= 11 is 0. The normalized spacial score (nSPS) is 11.7. The van der Waals surface area contributed by atoms with E-state index in [0.29, 0.717) is 17.5 Å². The first-order valence-electron chi connectivity index (χ1n) is 49.5. The van der Waals surface area contributed by atoms with E-state index >= 15 is 0 Å². The van der Waals surface area contributed by atoms with Crippen molar-refractivity contribution in [2.45, 2.75) is 0 Å². The zero-order chi connectivity index (χ0) is 96.2. The summed E-state index contributed by atoms with van der Waals surface area (Å²) in [5.74, 6) is 2.10. The van der Waals surface area contributed by atoms with E-state index in [2.05, 4.69) is 473 Å². The highest BCUT2D eigenvalue weighted by Gasteiger charge is 2.26. The Hall–Kier alpha value is -19.6. The van der Waals surface area contributed by atoms with Gasteiger partial charge in [0.15, 0.2) is 17.5 Å². The van der Waals surface area contributed by atoms with Crippen molar-refractivity contribution < 1.29 is 0 Å². The fraction of sp³-hybridized carbons (Fsp3) is 0. The molecule has 676 valence electrons. The van der Waals surface area contributed by atoms with Gasteiger partial charge in [-0.25, -0.2) is 44.9 Å². The average Bonchev–Trinajstić information content (AvgIpc) is 0.720. The second kappa shape index (κ2) is 35.3. The van der Waals surface area contributed by atoms with Crippen LogP contribution in [0.3, 0.4) is 0 Å². The second-order valence-electron chi connectivity index (χ2n) is 37.5. The molecule has 0 aliphatic carbocycles. The fourth-order valence-corrected chi connectivity index (χ4v) is 22.4. The molecule has 0 N–H and O–H groups in total. The van der Waals surface area contributed by atoms with Crippen LogP contribution >= 0.6 is 0 Å².